The maximum atomic E-state index is 12.6. The molecule has 124 valence electrons. The minimum atomic E-state index is -4.59. The van der Waals surface area contributed by atoms with Gasteiger partial charge in [-0.05, 0) is 18.2 Å². The molecule has 0 unspecified atom stereocenters. The molecule has 0 aliphatic carbocycles. The molecule has 4 rings (SSSR count). The van der Waals surface area contributed by atoms with E-state index in [1.165, 1.54) is 10.8 Å². The second-order valence-corrected chi connectivity index (χ2v) is 5.03. The van der Waals surface area contributed by atoms with Crippen LogP contribution in [-0.2, 0) is 6.18 Å². The van der Waals surface area contributed by atoms with Crippen LogP contribution in [0.15, 0.2) is 49.3 Å². The normalized spacial score (nSPS) is 11.8. The van der Waals surface area contributed by atoms with E-state index in [-0.39, 0.29) is 0 Å². The van der Waals surface area contributed by atoms with Gasteiger partial charge in [-0.2, -0.15) is 27.8 Å². The van der Waals surface area contributed by atoms with Gasteiger partial charge < -0.3 is 0 Å². The summed E-state index contributed by atoms with van der Waals surface area (Å²) in [5, 5.41) is 4.12. The average molecular weight is 343 g/mol. The van der Waals surface area contributed by atoms with E-state index >= 15 is 0 Å². The van der Waals surface area contributed by atoms with E-state index in [2.05, 4.69) is 30.0 Å². The number of halogens is 3. The van der Waals surface area contributed by atoms with Gasteiger partial charge in [-0.15, -0.1) is 0 Å². The lowest BCUT2D eigenvalue weighted by molar-refractivity contribution is -0.144. The first-order chi connectivity index (χ1) is 12.0. The number of hydrogen-bond donors (Lipinski definition) is 0. The molecular weight excluding hydrogens is 335 g/mol. The summed E-state index contributed by atoms with van der Waals surface area (Å²) in [6, 6.07) is 5.25. The van der Waals surface area contributed by atoms with Gasteiger partial charge in [0.15, 0.2) is 0 Å². The third kappa shape index (κ3) is 2.77. The van der Waals surface area contributed by atoms with Crippen LogP contribution in [0, 0.1) is 0 Å². The molecule has 0 aliphatic rings. The lowest BCUT2D eigenvalue weighted by Crippen LogP contribution is -2.10. The van der Waals surface area contributed by atoms with Crippen LogP contribution in [0.1, 0.15) is 5.82 Å². The lowest BCUT2D eigenvalue weighted by Gasteiger charge is -2.08. The van der Waals surface area contributed by atoms with Gasteiger partial charge in [0, 0.05) is 35.9 Å². The Bertz CT molecular complexity index is 1030. The zero-order valence-corrected chi connectivity index (χ0v) is 12.4. The predicted octanol–water partition coefficient (Wildman–Crippen LogP) is 2.66. The molecule has 0 radical (unpaired) electrons. The molecule has 0 N–H and O–H groups in total. The topological polar surface area (TPSA) is 81.8 Å². The lowest BCUT2D eigenvalue weighted by atomic mass is 10.1. The molecule has 4 aromatic rings. The first kappa shape index (κ1) is 15.1. The van der Waals surface area contributed by atoms with E-state index in [9.17, 15) is 13.2 Å². The Kier molecular flexibility index (Phi) is 3.38. The first-order valence-corrected chi connectivity index (χ1v) is 7.03. The van der Waals surface area contributed by atoms with Crippen molar-refractivity contribution in [2.24, 2.45) is 0 Å². The largest absolute Gasteiger partial charge is 0.451 e. The van der Waals surface area contributed by atoms with Crippen LogP contribution in [0.5, 0.6) is 0 Å². The number of pyridine rings is 1. The zero-order valence-electron chi connectivity index (χ0n) is 12.4. The van der Waals surface area contributed by atoms with E-state index in [0.29, 0.717) is 22.7 Å². The van der Waals surface area contributed by atoms with Crippen LogP contribution in [0.3, 0.4) is 0 Å². The number of alkyl halides is 3. The number of fused-ring (bicyclic) bond motifs is 1. The van der Waals surface area contributed by atoms with Gasteiger partial charge in [0.2, 0.25) is 5.82 Å². The zero-order chi connectivity index (χ0) is 17.4. The van der Waals surface area contributed by atoms with Crippen molar-refractivity contribution in [3.63, 3.8) is 0 Å². The van der Waals surface area contributed by atoms with Crippen LogP contribution in [-0.4, -0.2) is 34.5 Å². The van der Waals surface area contributed by atoms with Crippen LogP contribution in [0.4, 0.5) is 13.2 Å². The Morgan fingerprint density at radius 3 is 2.32 bits per heavy atom. The molecule has 0 amide bonds. The molecule has 0 atom stereocenters. The van der Waals surface area contributed by atoms with Gasteiger partial charge in [-0.3, -0.25) is 4.98 Å². The smallest absolute Gasteiger partial charge is 0.265 e. The van der Waals surface area contributed by atoms with Crippen molar-refractivity contribution >= 4 is 5.78 Å². The molecule has 0 aliphatic heterocycles. The summed E-state index contributed by atoms with van der Waals surface area (Å²) in [6.07, 6.45) is 2.17. The minimum absolute atomic E-state index is 0.309. The van der Waals surface area contributed by atoms with Crippen LogP contribution < -0.4 is 0 Å². The Morgan fingerprint density at radius 1 is 0.920 bits per heavy atom. The number of rotatable bonds is 2. The highest BCUT2D eigenvalue weighted by molar-refractivity contribution is 5.69. The second-order valence-electron chi connectivity index (χ2n) is 5.03. The summed E-state index contributed by atoms with van der Waals surface area (Å²) < 4.78 is 39.3. The number of hydrogen-bond acceptors (Lipinski definition) is 6. The molecule has 0 saturated carbocycles. The van der Waals surface area contributed by atoms with E-state index in [0.717, 1.165) is 18.0 Å². The summed E-state index contributed by atoms with van der Waals surface area (Å²) in [7, 11) is 0. The summed E-state index contributed by atoms with van der Waals surface area (Å²) in [6.45, 7) is 0. The van der Waals surface area contributed by atoms with Gasteiger partial charge in [0.25, 0.3) is 5.78 Å². The van der Waals surface area contributed by atoms with Gasteiger partial charge in [0.1, 0.15) is 6.33 Å². The fraction of sp³-hybridized carbons (Fsp3) is 0.0667. The SMILES string of the molecule is FC(F)(F)c1ncc(-c2cc(-c3ccncc3)n3ncnc3n2)cn1. The third-order valence-electron chi connectivity index (χ3n) is 3.43. The Balaban J connectivity index is 1.86. The van der Waals surface area contributed by atoms with Gasteiger partial charge in [-0.25, -0.2) is 15.0 Å². The van der Waals surface area contributed by atoms with Crippen molar-refractivity contribution in [3.8, 4) is 22.5 Å². The first-order valence-electron chi connectivity index (χ1n) is 7.03. The molecule has 0 aromatic carbocycles. The Labute approximate surface area is 138 Å². The van der Waals surface area contributed by atoms with Crippen molar-refractivity contribution in [2.75, 3.05) is 0 Å². The molecule has 25 heavy (non-hydrogen) atoms. The molecule has 10 heteroatoms. The summed E-state index contributed by atoms with van der Waals surface area (Å²) >= 11 is 0. The van der Waals surface area contributed by atoms with Crippen LogP contribution in [0.2, 0.25) is 0 Å². The summed E-state index contributed by atoms with van der Waals surface area (Å²) in [4.78, 5) is 19.0. The maximum Gasteiger partial charge on any atom is 0.451 e. The molecule has 0 fully saturated rings. The summed E-state index contributed by atoms with van der Waals surface area (Å²) in [5.74, 6) is -0.890. The Morgan fingerprint density at radius 2 is 1.64 bits per heavy atom. The third-order valence-corrected chi connectivity index (χ3v) is 3.43. The van der Waals surface area contributed by atoms with E-state index in [1.54, 1.807) is 30.6 Å². The van der Waals surface area contributed by atoms with Crippen molar-refractivity contribution in [3.05, 3.63) is 55.1 Å². The van der Waals surface area contributed by atoms with Crippen molar-refractivity contribution in [1.29, 1.82) is 0 Å². The predicted molar refractivity (Wildman–Crippen MR) is 80.0 cm³/mol. The quantitative estimate of drug-likeness (QED) is 0.556. The average Bonchev–Trinajstić information content (AvgIpc) is 3.09. The second kappa shape index (κ2) is 5.58. The van der Waals surface area contributed by atoms with Crippen molar-refractivity contribution in [2.45, 2.75) is 6.18 Å². The molecule has 0 spiro atoms. The highest BCUT2D eigenvalue weighted by Gasteiger charge is 2.34. The monoisotopic (exact) mass is 343 g/mol. The molecule has 0 saturated heterocycles. The fourth-order valence-corrected chi connectivity index (χ4v) is 2.30. The molecule has 4 aromatic heterocycles. The van der Waals surface area contributed by atoms with Crippen molar-refractivity contribution < 1.29 is 13.2 Å². The minimum Gasteiger partial charge on any atom is -0.265 e. The van der Waals surface area contributed by atoms with E-state index in [4.69, 9.17) is 0 Å². The van der Waals surface area contributed by atoms with Crippen LogP contribution >= 0.6 is 0 Å². The van der Waals surface area contributed by atoms with Crippen LogP contribution in [0.25, 0.3) is 28.3 Å². The fourth-order valence-electron chi connectivity index (χ4n) is 2.30. The van der Waals surface area contributed by atoms with Gasteiger partial charge in [0.05, 0.1) is 11.4 Å². The molecule has 0 bridgehead atoms. The van der Waals surface area contributed by atoms with E-state index < -0.39 is 12.0 Å². The molecule has 4 heterocycles. The molecule has 7 nitrogen and oxygen atoms in total. The summed E-state index contributed by atoms with van der Waals surface area (Å²) in [5.41, 5.74) is 2.21. The van der Waals surface area contributed by atoms with Crippen molar-refractivity contribution in [1.82, 2.24) is 34.5 Å². The molecular formula is C15H8F3N7. The van der Waals surface area contributed by atoms with Gasteiger partial charge >= 0.3 is 6.18 Å². The highest BCUT2D eigenvalue weighted by atomic mass is 19.4. The van der Waals surface area contributed by atoms with Gasteiger partial charge in [-0.1, -0.05) is 0 Å². The highest BCUT2D eigenvalue weighted by Crippen LogP contribution is 2.28. The number of aromatic nitrogens is 7. The standard InChI is InChI=1S/C15H8F3N7/c16-15(17,18)13-20-6-10(7-21-13)11-5-12(9-1-3-19-4-2-9)25-14(24-11)22-8-23-25/h1-8H. The Hall–Kier alpha value is -3.43. The number of nitrogens with zero attached hydrogens (tertiary/aromatic N) is 7. The maximum absolute atomic E-state index is 12.6. The van der Waals surface area contributed by atoms with E-state index in [1.807, 2.05) is 0 Å².